The van der Waals surface area contributed by atoms with Crippen molar-refractivity contribution in [1.29, 1.82) is 0 Å². The van der Waals surface area contributed by atoms with Crippen molar-refractivity contribution in [3.8, 4) is 0 Å². The molecule has 0 unspecified atom stereocenters. The molecule has 6 nitrogen and oxygen atoms in total. The lowest BCUT2D eigenvalue weighted by Crippen LogP contribution is -2.23. The van der Waals surface area contributed by atoms with Crippen molar-refractivity contribution in [3.05, 3.63) is 58.9 Å². The van der Waals surface area contributed by atoms with Gasteiger partial charge in [-0.15, -0.1) is 0 Å². The van der Waals surface area contributed by atoms with Crippen LogP contribution in [-0.4, -0.2) is 19.3 Å². The number of primary sulfonamides is 1. The predicted molar refractivity (Wildman–Crippen MR) is 78.2 cm³/mol. The summed E-state index contributed by atoms with van der Waals surface area (Å²) in [4.78, 5) is 15.7. The van der Waals surface area contributed by atoms with Gasteiger partial charge >= 0.3 is 0 Å². The number of nitrogens with two attached hydrogens (primary N) is 1. The van der Waals surface area contributed by atoms with Crippen LogP contribution in [0.15, 0.2) is 47.5 Å². The molecular weight excluding hydrogens is 314 g/mol. The second-order valence-electron chi connectivity index (χ2n) is 4.23. The Morgan fingerprint density at radius 1 is 1.19 bits per heavy atom. The van der Waals surface area contributed by atoms with Gasteiger partial charge in [0.1, 0.15) is 5.69 Å². The number of nitrogens with zero attached hydrogens (tertiary/aromatic N) is 1. The van der Waals surface area contributed by atoms with Gasteiger partial charge in [0.15, 0.2) is 0 Å². The molecule has 0 spiro atoms. The Bertz CT molecular complexity index is 743. The maximum absolute atomic E-state index is 11.8. The molecule has 2 aromatic rings. The second-order valence-corrected chi connectivity index (χ2v) is 6.23. The first-order chi connectivity index (χ1) is 9.86. The van der Waals surface area contributed by atoms with Crippen LogP contribution in [0.25, 0.3) is 0 Å². The molecule has 21 heavy (non-hydrogen) atoms. The highest BCUT2D eigenvalue weighted by Gasteiger charge is 2.08. The van der Waals surface area contributed by atoms with Crippen LogP contribution in [-0.2, 0) is 16.6 Å². The van der Waals surface area contributed by atoms with E-state index in [1.165, 1.54) is 24.4 Å². The molecule has 0 aliphatic carbocycles. The van der Waals surface area contributed by atoms with E-state index in [1.54, 1.807) is 18.2 Å². The number of amides is 1. The predicted octanol–water partition coefficient (Wildman–Crippen LogP) is 1.31. The summed E-state index contributed by atoms with van der Waals surface area (Å²) in [5.41, 5.74) is 0.991. The summed E-state index contributed by atoms with van der Waals surface area (Å²) in [5.74, 6) is -0.345. The van der Waals surface area contributed by atoms with E-state index in [-0.39, 0.29) is 23.0 Å². The average Bonchev–Trinajstić information content (AvgIpc) is 2.45. The lowest BCUT2D eigenvalue weighted by Gasteiger charge is -2.05. The van der Waals surface area contributed by atoms with E-state index < -0.39 is 10.0 Å². The third-order valence-corrected chi connectivity index (χ3v) is 3.82. The molecule has 110 valence electrons. The smallest absolute Gasteiger partial charge is 0.270 e. The lowest BCUT2D eigenvalue weighted by molar-refractivity contribution is 0.0946. The molecule has 1 aromatic carbocycles. The zero-order valence-electron chi connectivity index (χ0n) is 10.8. The highest BCUT2D eigenvalue weighted by Crippen LogP contribution is 2.09. The average molecular weight is 326 g/mol. The van der Waals surface area contributed by atoms with Gasteiger partial charge in [0.2, 0.25) is 10.0 Å². The van der Waals surface area contributed by atoms with Gasteiger partial charge in [0.25, 0.3) is 5.91 Å². The first kappa shape index (κ1) is 15.4. The van der Waals surface area contributed by atoms with Crippen molar-refractivity contribution in [3.63, 3.8) is 0 Å². The Kier molecular flexibility index (Phi) is 4.56. The number of pyridine rings is 1. The number of benzene rings is 1. The Morgan fingerprint density at radius 3 is 2.38 bits per heavy atom. The fourth-order valence-electron chi connectivity index (χ4n) is 1.58. The summed E-state index contributed by atoms with van der Waals surface area (Å²) in [6.07, 6.45) is 1.39. The molecule has 2 rings (SSSR count). The van der Waals surface area contributed by atoms with Crippen molar-refractivity contribution >= 4 is 27.5 Å². The van der Waals surface area contributed by atoms with Crippen molar-refractivity contribution in [2.75, 3.05) is 0 Å². The fourth-order valence-corrected chi connectivity index (χ4v) is 2.21. The van der Waals surface area contributed by atoms with Gasteiger partial charge in [-0.1, -0.05) is 23.7 Å². The summed E-state index contributed by atoms with van der Waals surface area (Å²) in [6.45, 7) is 0.244. The molecule has 1 heterocycles. The third kappa shape index (κ3) is 4.25. The van der Waals surface area contributed by atoms with Crippen LogP contribution in [0, 0.1) is 0 Å². The van der Waals surface area contributed by atoms with Gasteiger partial charge < -0.3 is 5.32 Å². The van der Waals surface area contributed by atoms with Gasteiger partial charge in [-0.3, -0.25) is 4.79 Å². The van der Waals surface area contributed by atoms with E-state index in [0.717, 1.165) is 5.56 Å². The van der Waals surface area contributed by atoms with E-state index in [0.29, 0.717) is 5.02 Å². The molecule has 0 radical (unpaired) electrons. The van der Waals surface area contributed by atoms with Crippen molar-refractivity contribution < 1.29 is 13.2 Å². The van der Waals surface area contributed by atoms with Crippen LogP contribution in [0.1, 0.15) is 16.1 Å². The Morgan fingerprint density at radius 2 is 1.86 bits per heavy atom. The zero-order valence-corrected chi connectivity index (χ0v) is 12.4. The standard InChI is InChI=1S/C13H12ClN3O3S/c14-10-3-6-12(16-8-10)13(18)17-7-9-1-4-11(5-2-9)21(15,19)20/h1-6,8H,7H2,(H,17,18)(H2,15,19,20). The van der Waals surface area contributed by atoms with Crippen LogP contribution < -0.4 is 10.5 Å². The lowest BCUT2D eigenvalue weighted by atomic mass is 10.2. The molecule has 1 amide bonds. The molecule has 1 aromatic heterocycles. The summed E-state index contributed by atoms with van der Waals surface area (Å²) in [7, 11) is -3.71. The van der Waals surface area contributed by atoms with E-state index in [1.807, 2.05) is 0 Å². The number of hydrogen-bond donors (Lipinski definition) is 2. The Labute approximate surface area is 127 Å². The topological polar surface area (TPSA) is 102 Å². The van der Waals surface area contributed by atoms with Gasteiger partial charge in [-0.05, 0) is 29.8 Å². The summed E-state index contributed by atoms with van der Waals surface area (Å²) in [5, 5.41) is 8.12. The minimum atomic E-state index is -3.71. The van der Waals surface area contributed by atoms with E-state index in [9.17, 15) is 13.2 Å². The molecule has 0 saturated heterocycles. The van der Waals surface area contributed by atoms with Gasteiger partial charge in [-0.2, -0.15) is 0 Å². The fraction of sp³-hybridized carbons (Fsp3) is 0.0769. The maximum atomic E-state index is 11.8. The number of sulfonamides is 1. The minimum Gasteiger partial charge on any atom is -0.347 e. The molecule has 8 heteroatoms. The number of halogens is 1. The summed E-state index contributed by atoms with van der Waals surface area (Å²) >= 11 is 5.69. The number of rotatable bonds is 4. The maximum Gasteiger partial charge on any atom is 0.270 e. The van der Waals surface area contributed by atoms with Crippen molar-refractivity contribution in [2.45, 2.75) is 11.4 Å². The molecular formula is C13H12ClN3O3S. The van der Waals surface area contributed by atoms with Crippen LogP contribution >= 0.6 is 11.6 Å². The second kappa shape index (κ2) is 6.21. The van der Waals surface area contributed by atoms with Gasteiger partial charge in [-0.25, -0.2) is 18.5 Å². The Hall–Kier alpha value is -1.96. The third-order valence-electron chi connectivity index (χ3n) is 2.66. The zero-order chi connectivity index (χ0) is 15.5. The first-order valence-electron chi connectivity index (χ1n) is 5.88. The van der Waals surface area contributed by atoms with Crippen molar-refractivity contribution in [1.82, 2.24) is 10.3 Å². The first-order valence-corrected chi connectivity index (χ1v) is 7.80. The molecule has 0 aliphatic rings. The summed E-state index contributed by atoms with van der Waals surface area (Å²) < 4.78 is 22.2. The largest absolute Gasteiger partial charge is 0.347 e. The van der Waals surface area contributed by atoms with Crippen molar-refractivity contribution in [2.24, 2.45) is 5.14 Å². The highest BCUT2D eigenvalue weighted by atomic mass is 35.5. The molecule has 0 saturated carbocycles. The van der Waals surface area contributed by atoms with E-state index in [2.05, 4.69) is 10.3 Å². The minimum absolute atomic E-state index is 0.0249. The number of aromatic nitrogens is 1. The van der Waals surface area contributed by atoms with Crippen LogP contribution in [0.2, 0.25) is 5.02 Å². The summed E-state index contributed by atoms with van der Waals surface area (Å²) in [6, 6.07) is 9.02. The van der Waals surface area contributed by atoms with Crippen LogP contribution in [0.3, 0.4) is 0 Å². The number of carbonyl (C=O) groups excluding carboxylic acids is 1. The molecule has 0 atom stereocenters. The van der Waals surface area contributed by atoms with E-state index in [4.69, 9.17) is 16.7 Å². The monoisotopic (exact) mass is 325 g/mol. The van der Waals surface area contributed by atoms with Crippen LogP contribution in [0.5, 0.6) is 0 Å². The van der Waals surface area contributed by atoms with Gasteiger partial charge in [0, 0.05) is 12.7 Å². The molecule has 0 fully saturated rings. The molecule has 0 aliphatic heterocycles. The van der Waals surface area contributed by atoms with E-state index >= 15 is 0 Å². The quantitative estimate of drug-likeness (QED) is 0.884. The molecule has 3 N–H and O–H groups in total. The highest BCUT2D eigenvalue weighted by molar-refractivity contribution is 7.89. The normalized spacial score (nSPS) is 11.1. The van der Waals surface area contributed by atoms with Crippen LogP contribution in [0.4, 0.5) is 0 Å². The number of carbonyl (C=O) groups is 1. The van der Waals surface area contributed by atoms with Gasteiger partial charge in [0.05, 0.1) is 9.92 Å². The SMILES string of the molecule is NS(=O)(=O)c1ccc(CNC(=O)c2ccc(Cl)cn2)cc1. The number of hydrogen-bond acceptors (Lipinski definition) is 4. The molecule has 0 bridgehead atoms. The number of nitrogens with one attached hydrogen (secondary N) is 1. The Balaban J connectivity index is 2.00.